The predicted octanol–water partition coefficient (Wildman–Crippen LogP) is 3.68. The van der Waals surface area contributed by atoms with E-state index in [2.05, 4.69) is 32.7 Å². The summed E-state index contributed by atoms with van der Waals surface area (Å²) < 4.78 is 1.58. The molecule has 1 unspecified atom stereocenters. The number of rotatable bonds is 8. The quantitative estimate of drug-likeness (QED) is 0.540. The van der Waals surface area contributed by atoms with Gasteiger partial charge in [0.05, 0.1) is 11.7 Å². The van der Waals surface area contributed by atoms with Crippen LogP contribution < -0.4 is 16.2 Å². The number of nitrogens with one attached hydrogen (secondary N) is 2. The van der Waals surface area contributed by atoms with Crippen LogP contribution in [0.1, 0.15) is 53.2 Å². The zero-order chi connectivity index (χ0) is 23.5. The van der Waals surface area contributed by atoms with Crippen LogP contribution in [0, 0.1) is 6.92 Å². The van der Waals surface area contributed by atoms with Gasteiger partial charge in [0.25, 0.3) is 11.5 Å². The van der Waals surface area contributed by atoms with Crippen LogP contribution in [0.25, 0.3) is 5.69 Å². The first-order valence-electron chi connectivity index (χ1n) is 12.1. The number of aryl methyl sites for hydroxylation is 1. The van der Waals surface area contributed by atoms with Crippen LogP contribution in [0.2, 0.25) is 0 Å². The lowest BCUT2D eigenvalue weighted by Gasteiger charge is -2.25. The summed E-state index contributed by atoms with van der Waals surface area (Å²) in [5.74, 6) is 0.210. The number of carbonyl (C=O) groups is 1. The molecule has 2 N–H and O–H groups in total. The molecule has 2 fully saturated rings. The zero-order valence-electron chi connectivity index (χ0n) is 19.5. The second-order valence-electron chi connectivity index (χ2n) is 9.32. The molecular weight excluding hydrogens is 426 g/mol. The van der Waals surface area contributed by atoms with E-state index in [-0.39, 0.29) is 23.6 Å². The average Bonchev–Trinajstić information content (AvgIpc) is 3.52. The predicted molar refractivity (Wildman–Crippen MR) is 134 cm³/mol. The van der Waals surface area contributed by atoms with Crippen LogP contribution in [0.4, 0.5) is 5.82 Å². The van der Waals surface area contributed by atoms with Gasteiger partial charge in [0.1, 0.15) is 0 Å². The first-order chi connectivity index (χ1) is 16.6. The second kappa shape index (κ2) is 9.81. The van der Waals surface area contributed by atoms with Crippen molar-refractivity contribution in [2.45, 2.75) is 44.7 Å². The first-order valence-corrected chi connectivity index (χ1v) is 12.1. The molecule has 1 amide bonds. The van der Waals surface area contributed by atoms with E-state index in [9.17, 15) is 9.59 Å². The Morgan fingerprint density at radius 2 is 1.88 bits per heavy atom. The SMILES string of the molecule is Cc1ccc(C(=O)NC2CC2)cc1-n1ccnc(NC(CN2CCCC2)c2ccccc2)c1=O. The van der Waals surface area contributed by atoms with Crippen molar-refractivity contribution in [2.24, 2.45) is 0 Å². The maximum absolute atomic E-state index is 13.5. The van der Waals surface area contributed by atoms with E-state index in [1.54, 1.807) is 23.0 Å². The minimum absolute atomic E-state index is 0.0490. The lowest BCUT2D eigenvalue weighted by atomic mass is 10.1. The van der Waals surface area contributed by atoms with Gasteiger partial charge >= 0.3 is 0 Å². The largest absolute Gasteiger partial charge is 0.357 e. The summed E-state index contributed by atoms with van der Waals surface area (Å²) in [6.45, 7) is 4.91. The van der Waals surface area contributed by atoms with E-state index in [0.717, 1.165) is 43.6 Å². The van der Waals surface area contributed by atoms with E-state index >= 15 is 0 Å². The Balaban J connectivity index is 1.44. The Kier molecular flexibility index (Phi) is 6.45. The number of nitrogens with zero attached hydrogens (tertiary/aromatic N) is 3. The number of hydrogen-bond acceptors (Lipinski definition) is 5. The van der Waals surface area contributed by atoms with Gasteiger partial charge in [0.15, 0.2) is 5.82 Å². The molecule has 7 nitrogen and oxygen atoms in total. The summed E-state index contributed by atoms with van der Waals surface area (Å²) in [6.07, 6.45) is 7.78. The van der Waals surface area contributed by atoms with Crippen LogP contribution in [-0.4, -0.2) is 46.0 Å². The van der Waals surface area contributed by atoms with Gasteiger partial charge in [-0.2, -0.15) is 0 Å². The molecule has 1 aliphatic heterocycles. The third-order valence-corrected chi connectivity index (χ3v) is 6.64. The normalized spacial score (nSPS) is 16.9. The first kappa shape index (κ1) is 22.3. The van der Waals surface area contributed by atoms with Crippen LogP contribution in [0.3, 0.4) is 0 Å². The van der Waals surface area contributed by atoms with Gasteiger partial charge in [-0.15, -0.1) is 0 Å². The molecule has 1 saturated heterocycles. The molecule has 1 aromatic heterocycles. The van der Waals surface area contributed by atoms with Crippen molar-refractivity contribution >= 4 is 11.7 Å². The number of hydrogen-bond donors (Lipinski definition) is 2. The van der Waals surface area contributed by atoms with Crippen molar-refractivity contribution in [1.82, 2.24) is 19.8 Å². The van der Waals surface area contributed by atoms with Gasteiger partial charge in [0.2, 0.25) is 0 Å². The highest BCUT2D eigenvalue weighted by molar-refractivity contribution is 5.95. The van der Waals surface area contributed by atoms with Gasteiger partial charge < -0.3 is 15.5 Å². The molecule has 0 spiro atoms. The number of amides is 1. The summed E-state index contributed by atoms with van der Waals surface area (Å²) in [4.78, 5) is 32.9. The van der Waals surface area contributed by atoms with Crippen molar-refractivity contribution in [2.75, 3.05) is 25.0 Å². The summed E-state index contributed by atoms with van der Waals surface area (Å²) in [6, 6.07) is 15.9. The molecule has 2 heterocycles. The minimum atomic E-state index is -0.229. The van der Waals surface area contributed by atoms with Crippen LogP contribution >= 0.6 is 0 Å². The number of carbonyl (C=O) groups excluding carboxylic acids is 1. The molecule has 1 atom stereocenters. The van der Waals surface area contributed by atoms with Crippen LogP contribution in [0.5, 0.6) is 0 Å². The maximum Gasteiger partial charge on any atom is 0.297 e. The number of benzene rings is 2. The van der Waals surface area contributed by atoms with Crippen molar-refractivity contribution in [3.05, 3.63) is 88.0 Å². The monoisotopic (exact) mass is 457 g/mol. The standard InChI is InChI=1S/C27H31N5O2/c1-19-9-10-21(26(33)29-22-11-12-22)17-24(19)32-16-13-28-25(27(32)34)30-23(18-31-14-5-6-15-31)20-7-3-2-4-8-20/h2-4,7-10,13,16-17,22-23H,5-6,11-12,14-15,18H2,1H3,(H,28,30)(H,29,33). The van der Waals surface area contributed by atoms with Crippen molar-refractivity contribution < 1.29 is 4.79 Å². The third kappa shape index (κ3) is 5.04. The zero-order valence-corrected chi connectivity index (χ0v) is 19.5. The lowest BCUT2D eigenvalue weighted by Crippen LogP contribution is -2.32. The molecule has 3 aromatic rings. The second-order valence-corrected chi connectivity index (χ2v) is 9.32. The van der Waals surface area contributed by atoms with E-state index in [1.165, 1.54) is 12.8 Å². The summed E-state index contributed by atoms with van der Waals surface area (Å²) in [5, 5.41) is 6.44. The lowest BCUT2D eigenvalue weighted by molar-refractivity contribution is 0.0951. The molecule has 1 saturated carbocycles. The topological polar surface area (TPSA) is 79.3 Å². The van der Waals surface area contributed by atoms with E-state index in [4.69, 9.17) is 0 Å². The maximum atomic E-state index is 13.5. The van der Waals surface area contributed by atoms with Crippen LogP contribution in [-0.2, 0) is 0 Å². The molecular formula is C27H31N5O2. The van der Waals surface area contributed by atoms with E-state index < -0.39 is 0 Å². The molecule has 176 valence electrons. The van der Waals surface area contributed by atoms with Crippen molar-refractivity contribution in [3.8, 4) is 5.69 Å². The number of anilines is 1. The Hall–Kier alpha value is -3.45. The van der Waals surface area contributed by atoms with Crippen LogP contribution in [0.15, 0.2) is 65.7 Å². The molecule has 2 aromatic carbocycles. The molecule has 1 aliphatic carbocycles. The van der Waals surface area contributed by atoms with Gasteiger partial charge in [-0.3, -0.25) is 14.2 Å². The minimum Gasteiger partial charge on any atom is -0.357 e. The van der Waals surface area contributed by atoms with E-state index in [1.807, 2.05) is 37.3 Å². The molecule has 7 heteroatoms. The summed E-state index contributed by atoms with van der Waals surface area (Å²) in [7, 11) is 0. The molecule has 0 bridgehead atoms. The van der Waals surface area contributed by atoms with Gasteiger partial charge in [0, 0.05) is 30.5 Å². The fourth-order valence-electron chi connectivity index (χ4n) is 4.51. The van der Waals surface area contributed by atoms with Gasteiger partial charge in [-0.05, 0) is 69.0 Å². The van der Waals surface area contributed by atoms with Crippen molar-refractivity contribution in [3.63, 3.8) is 0 Å². The highest BCUT2D eigenvalue weighted by Crippen LogP contribution is 2.22. The van der Waals surface area contributed by atoms with Crippen molar-refractivity contribution in [1.29, 1.82) is 0 Å². The third-order valence-electron chi connectivity index (χ3n) is 6.64. The smallest absolute Gasteiger partial charge is 0.297 e. The molecule has 5 rings (SSSR count). The Morgan fingerprint density at radius 3 is 2.62 bits per heavy atom. The number of aromatic nitrogens is 2. The Morgan fingerprint density at radius 1 is 1.12 bits per heavy atom. The highest BCUT2D eigenvalue weighted by atomic mass is 16.2. The van der Waals surface area contributed by atoms with Gasteiger partial charge in [-0.1, -0.05) is 36.4 Å². The fourth-order valence-corrected chi connectivity index (χ4v) is 4.51. The summed E-state index contributed by atoms with van der Waals surface area (Å²) >= 11 is 0. The van der Waals surface area contributed by atoms with E-state index in [0.29, 0.717) is 17.1 Å². The molecule has 34 heavy (non-hydrogen) atoms. The molecule has 0 radical (unpaired) electrons. The van der Waals surface area contributed by atoms with Gasteiger partial charge in [-0.25, -0.2) is 4.98 Å². The Bertz CT molecular complexity index is 1210. The molecule has 2 aliphatic rings. The average molecular weight is 458 g/mol. The Labute approximate surface area is 199 Å². The number of likely N-dealkylation sites (tertiary alicyclic amines) is 1. The highest BCUT2D eigenvalue weighted by Gasteiger charge is 2.24. The fraction of sp³-hybridized carbons (Fsp3) is 0.370. The summed E-state index contributed by atoms with van der Waals surface area (Å²) in [5.41, 5.74) is 3.06.